The third-order valence-corrected chi connectivity index (χ3v) is 13.5. The molecule has 11 aromatic rings. The largest absolute Gasteiger partial charge is 0.308 e. The van der Waals surface area contributed by atoms with Gasteiger partial charge in [-0.2, -0.15) is 0 Å². The second kappa shape index (κ2) is 15.4. The second-order valence-corrected chi connectivity index (χ2v) is 16.9. The van der Waals surface area contributed by atoms with Crippen molar-refractivity contribution in [2.45, 2.75) is 32.6 Å². The van der Waals surface area contributed by atoms with Crippen LogP contribution in [0.1, 0.15) is 36.0 Å². The summed E-state index contributed by atoms with van der Waals surface area (Å²) in [5, 5.41) is 4.95. The first-order valence-electron chi connectivity index (χ1n) is 21.1. The van der Waals surface area contributed by atoms with Crippen molar-refractivity contribution in [3.8, 4) is 51.0 Å². The number of benzene rings is 8. The predicted molar refractivity (Wildman–Crippen MR) is 257 cm³/mol. The monoisotopic (exact) mass is 802 g/mol. The SMILES string of the molecule is CCC(Cc1ccccc1-c1ccc2c3ccccc3n(-c3ccccc3-c3nc(-c4ccccc4)nc(-c4ccc5c(c4)sc4ccccc45)n3)c2c1C)c1ccccc1. The van der Waals surface area contributed by atoms with Gasteiger partial charge in [-0.15, -0.1) is 11.3 Å². The maximum atomic E-state index is 5.32. The Morgan fingerprint density at radius 3 is 1.93 bits per heavy atom. The molecule has 0 amide bonds. The normalized spacial score (nSPS) is 12.2. The average Bonchev–Trinajstić information content (AvgIpc) is 3.87. The lowest BCUT2D eigenvalue weighted by Gasteiger charge is -2.20. The van der Waals surface area contributed by atoms with Gasteiger partial charge in [-0.05, 0) is 83.8 Å². The van der Waals surface area contributed by atoms with Gasteiger partial charge in [0.2, 0.25) is 0 Å². The Kier molecular flexibility index (Phi) is 9.32. The van der Waals surface area contributed by atoms with E-state index in [0.717, 1.165) is 40.7 Å². The lowest BCUT2D eigenvalue weighted by atomic mass is 9.85. The van der Waals surface area contributed by atoms with E-state index in [9.17, 15) is 0 Å². The number of hydrogen-bond acceptors (Lipinski definition) is 4. The van der Waals surface area contributed by atoms with E-state index in [4.69, 9.17) is 15.0 Å². The molecule has 0 bridgehead atoms. The zero-order chi connectivity index (χ0) is 40.9. The molecule has 0 radical (unpaired) electrons. The van der Waals surface area contributed by atoms with Crippen LogP contribution < -0.4 is 0 Å². The lowest BCUT2D eigenvalue weighted by Crippen LogP contribution is -2.05. The van der Waals surface area contributed by atoms with Crippen LogP contribution in [0.25, 0.3) is 93.0 Å². The zero-order valence-corrected chi connectivity index (χ0v) is 34.9. The maximum absolute atomic E-state index is 5.32. The number of thiophene rings is 1. The van der Waals surface area contributed by atoms with Gasteiger partial charge in [0.05, 0.1) is 16.7 Å². The Hall–Kier alpha value is -7.21. The molecule has 3 heterocycles. The molecule has 5 heteroatoms. The van der Waals surface area contributed by atoms with E-state index in [1.165, 1.54) is 64.3 Å². The Balaban J connectivity index is 1.10. The van der Waals surface area contributed by atoms with Crippen LogP contribution >= 0.6 is 11.3 Å². The number of aryl methyl sites for hydroxylation is 1. The second-order valence-electron chi connectivity index (χ2n) is 15.9. The fourth-order valence-corrected chi connectivity index (χ4v) is 10.4. The molecule has 1 atom stereocenters. The van der Waals surface area contributed by atoms with Crippen LogP contribution in [0, 0.1) is 6.92 Å². The van der Waals surface area contributed by atoms with Gasteiger partial charge < -0.3 is 4.57 Å². The number of para-hydroxylation sites is 2. The first-order chi connectivity index (χ1) is 30.1. The molecule has 0 spiro atoms. The summed E-state index contributed by atoms with van der Waals surface area (Å²) in [6, 6.07) is 67.4. The summed E-state index contributed by atoms with van der Waals surface area (Å²) in [6.07, 6.45) is 2.05. The van der Waals surface area contributed by atoms with E-state index in [2.05, 4.69) is 188 Å². The molecule has 0 aliphatic rings. The van der Waals surface area contributed by atoms with Gasteiger partial charge >= 0.3 is 0 Å². The van der Waals surface area contributed by atoms with Crippen LogP contribution in [-0.2, 0) is 6.42 Å². The fourth-order valence-electron chi connectivity index (χ4n) is 9.28. The number of aromatic nitrogens is 4. The molecule has 3 aromatic heterocycles. The molecule has 8 aromatic carbocycles. The van der Waals surface area contributed by atoms with Gasteiger partial charge in [0.25, 0.3) is 0 Å². The van der Waals surface area contributed by atoms with E-state index in [-0.39, 0.29) is 0 Å². The van der Waals surface area contributed by atoms with Crippen molar-refractivity contribution in [1.82, 2.24) is 19.5 Å². The van der Waals surface area contributed by atoms with Crippen LogP contribution in [-0.4, -0.2) is 19.5 Å². The van der Waals surface area contributed by atoms with Gasteiger partial charge in [0, 0.05) is 47.6 Å². The van der Waals surface area contributed by atoms with Gasteiger partial charge in [-0.3, -0.25) is 0 Å². The molecule has 0 aliphatic heterocycles. The van der Waals surface area contributed by atoms with Crippen molar-refractivity contribution in [3.05, 3.63) is 205 Å². The van der Waals surface area contributed by atoms with E-state index >= 15 is 0 Å². The first-order valence-corrected chi connectivity index (χ1v) is 21.9. The minimum atomic E-state index is 0.433. The molecule has 0 saturated heterocycles. The highest BCUT2D eigenvalue weighted by atomic mass is 32.1. The first kappa shape index (κ1) is 36.8. The van der Waals surface area contributed by atoms with Crippen LogP contribution in [0.5, 0.6) is 0 Å². The van der Waals surface area contributed by atoms with E-state index in [1.807, 2.05) is 18.2 Å². The van der Waals surface area contributed by atoms with Crippen molar-refractivity contribution in [1.29, 1.82) is 0 Å². The molecular formula is C56H42N4S. The predicted octanol–water partition coefficient (Wildman–Crippen LogP) is 15.0. The van der Waals surface area contributed by atoms with E-state index < -0.39 is 0 Å². The Morgan fingerprint density at radius 2 is 1.11 bits per heavy atom. The highest BCUT2D eigenvalue weighted by molar-refractivity contribution is 7.25. The Morgan fingerprint density at radius 1 is 0.492 bits per heavy atom. The number of nitrogens with zero attached hydrogens (tertiary/aromatic N) is 4. The molecular weight excluding hydrogens is 761 g/mol. The maximum Gasteiger partial charge on any atom is 0.166 e. The van der Waals surface area contributed by atoms with Crippen molar-refractivity contribution in [2.75, 3.05) is 0 Å². The van der Waals surface area contributed by atoms with Gasteiger partial charge in [0.15, 0.2) is 17.5 Å². The molecule has 0 aliphatic carbocycles. The molecule has 0 fully saturated rings. The summed E-state index contributed by atoms with van der Waals surface area (Å²) < 4.78 is 4.93. The molecule has 292 valence electrons. The summed E-state index contributed by atoms with van der Waals surface area (Å²) in [7, 11) is 0. The van der Waals surface area contributed by atoms with Gasteiger partial charge in [0.1, 0.15) is 0 Å². The van der Waals surface area contributed by atoms with Crippen LogP contribution in [0.15, 0.2) is 188 Å². The lowest BCUT2D eigenvalue weighted by molar-refractivity contribution is 0.661. The average molecular weight is 803 g/mol. The Bertz CT molecular complexity index is 3400. The van der Waals surface area contributed by atoms with Crippen molar-refractivity contribution < 1.29 is 0 Å². The molecule has 0 saturated carbocycles. The zero-order valence-electron chi connectivity index (χ0n) is 34.1. The third kappa shape index (κ3) is 6.50. The van der Waals surface area contributed by atoms with Crippen LogP contribution in [0.4, 0.5) is 0 Å². The van der Waals surface area contributed by atoms with Crippen molar-refractivity contribution in [3.63, 3.8) is 0 Å². The minimum absolute atomic E-state index is 0.433. The summed E-state index contributed by atoms with van der Waals surface area (Å²) in [4.78, 5) is 15.7. The van der Waals surface area contributed by atoms with Crippen molar-refractivity contribution >= 4 is 53.3 Å². The fraction of sp³-hybridized carbons (Fsp3) is 0.0893. The van der Waals surface area contributed by atoms with Gasteiger partial charge in [-0.25, -0.2) is 15.0 Å². The van der Waals surface area contributed by atoms with Crippen molar-refractivity contribution in [2.24, 2.45) is 0 Å². The summed E-state index contributed by atoms with van der Waals surface area (Å²) in [5.41, 5.74) is 12.7. The summed E-state index contributed by atoms with van der Waals surface area (Å²) >= 11 is 1.80. The Labute approximate surface area is 359 Å². The van der Waals surface area contributed by atoms with Gasteiger partial charge in [-0.1, -0.05) is 165 Å². The molecule has 0 N–H and O–H groups in total. The van der Waals surface area contributed by atoms with Crippen LogP contribution in [0.2, 0.25) is 0 Å². The minimum Gasteiger partial charge on any atom is -0.308 e. The summed E-state index contributed by atoms with van der Waals surface area (Å²) in [5.74, 6) is 2.36. The van der Waals surface area contributed by atoms with Crippen LogP contribution in [0.3, 0.4) is 0 Å². The molecule has 61 heavy (non-hydrogen) atoms. The van der Waals surface area contributed by atoms with E-state index in [0.29, 0.717) is 23.4 Å². The topological polar surface area (TPSA) is 43.6 Å². The standard InChI is InChI=1S/C56H42N4S/c1-3-37(38-18-6-4-7-19-38)34-40-22-10-11-23-43(40)42-32-33-47-44-24-12-15-27-49(44)60(53(47)36(42)2)50-28-16-13-26-48(50)56-58-54(39-20-8-5-9-21-39)57-55(59-56)41-30-31-46-45-25-14-17-29-51(45)61-52(46)35-41/h4-33,35,37H,3,34H2,1-2H3. The number of rotatable bonds is 9. The summed E-state index contributed by atoms with van der Waals surface area (Å²) in [6.45, 7) is 4.59. The smallest absolute Gasteiger partial charge is 0.166 e. The van der Waals surface area contributed by atoms with E-state index in [1.54, 1.807) is 11.3 Å². The number of hydrogen-bond donors (Lipinski definition) is 0. The highest BCUT2D eigenvalue weighted by Gasteiger charge is 2.23. The third-order valence-electron chi connectivity index (χ3n) is 12.3. The quantitative estimate of drug-likeness (QED) is 0.146. The highest BCUT2D eigenvalue weighted by Crippen LogP contribution is 2.42. The number of fused-ring (bicyclic) bond motifs is 6. The molecule has 1 unspecified atom stereocenters. The molecule has 11 rings (SSSR count). The molecule has 4 nitrogen and oxygen atoms in total.